The van der Waals surface area contributed by atoms with Gasteiger partial charge in [-0.3, -0.25) is 9.89 Å². The lowest BCUT2D eigenvalue weighted by molar-refractivity contribution is -0.118. The van der Waals surface area contributed by atoms with Crippen molar-refractivity contribution < 1.29 is 4.79 Å². The van der Waals surface area contributed by atoms with Gasteiger partial charge < -0.3 is 4.90 Å². The summed E-state index contributed by atoms with van der Waals surface area (Å²) in [5.74, 6) is 2.06. The zero-order valence-electron chi connectivity index (χ0n) is 10.2. The SMILES string of the molecule is CCCSCCC(=O)N(CC)c1cn[nH]c1Cl. The van der Waals surface area contributed by atoms with Gasteiger partial charge in [0.25, 0.3) is 0 Å². The standard InChI is InChI=1S/C11H18ClN3OS/c1-3-6-17-7-5-10(16)15(4-2)9-8-13-14-11(9)12/h8H,3-7H2,1-2H3,(H,13,14). The van der Waals surface area contributed by atoms with E-state index >= 15 is 0 Å². The lowest BCUT2D eigenvalue weighted by Crippen LogP contribution is -2.30. The van der Waals surface area contributed by atoms with Crippen LogP contribution in [0.3, 0.4) is 0 Å². The lowest BCUT2D eigenvalue weighted by atomic mass is 10.3. The van der Waals surface area contributed by atoms with Gasteiger partial charge in [0.2, 0.25) is 5.91 Å². The van der Waals surface area contributed by atoms with Crippen LogP contribution in [0.15, 0.2) is 6.20 Å². The molecule has 0 bridgehead atoms. The van der Waals surface area contributed by atoms with Crippen molar-refractivity contribution in [1.29, 1.82) is 0 Å². The Labute approximate surface area is 111 Å². The first-order chi connectivity index (χ1) is 8.20. The number of rotatable bonds is 7. The van der Waals surface area contributed by atoms with Crippen molar-refractivity contribution in [2.24, 2.45) is 0 Å². The molecule has 4 nitrogen and oxygen atoms in total. The van der Waals surface area contributed by atoms with Gasteiger partial charge in [-0.2, -0.15) is 16.9 Å². The summed E-state index contributed by atoms with van der Waals surface area (Å²) in [5.41, 5.74) is 0.666. The Morgan fingerprint density at radius 1 is 1.53 bits per heavy atom. The van der Waals surface area contributed by atoms with E-state index in [1.54, 1.807) is 22.9 Å². The molecule has 0 fully saturated rings. The molecule has 1 heterocycles. The van der Waals surface area contributed by atoms with Crippen LogP contribution in [-0.4, -0.2) is 34.2 Å². The fraction of sp³-hybridized carbons (Fsp3) is 0.636. The maximum atomic E-state index is 12.0. The molecule has 1 aromatic rings. The minimum absolute atomic E-state index is 0.0967. The molecule has 6 heteroatoms. The van der Waals surface area contributed by atoms with Crippen molar-refractivity contribution in [2.45, 2.75) is 26.7 Å². The average Bonchev–Trinajstić information content (AvgIpc) is 2.72. The van der Waals surface area contributed by atoms with E-state index in [4.69, 9.17) is 11.6 Å². The van der Waals surface area contributed by atoms with Crippen LogP contribution in [0.4, 0.5) is 5.69 Å². The summed E-state index contributed by atoms with van der Waals surface area (Å²) in [6, 6.07) is 0. The Balaban J connectivity index is 2.50. The smallest absolute Gasteiger partial charge is 0.227 e. The van der Waals surface area contributed by atoms with E-state index in [1.807, 2.05) is 6.92 Å². The molecule has 0 unspecified atom stereocenters. The fourth-order valence-corrected chi connectivity index (χ4v) is 2.49. The number of H-pyrrole nitrogens is 1. The number of aromatic amines is 1. The van der Waals surface area contributed by atoms with Crippen LogP contribution in [0.1, 0.15) is 26.7 Å². The number of hydrogen-bond acceptors (Lipinski definition) is 3. The largest absolute Gasteiger partial charge is 0.309 e. The van der Waals surface area contributed by atoms with E-state index in [9.17, 15) is 4.79 Å². The molecule has 17 heavy (non-hydrogen) atoms. The van der Waals surface area contributed by atoms with E-state index in [1.165, 1.54) is 0 Å². The molecule has 1 amide bonds. The number of amides is 1. The van der Waals surface area contributed by atoms with E-state index in [-0.39, 0.29) is 5.91 Å². The molecular formula is C11H18ClN3OS. The average molecular weight is 276 g/mol. The summed E-state index contributed by atoms with van der Waals surface area (Å²) in [5, 5.41) is 6.88. The predicted octanol–water partition coefficient (Wildman–Crippen LogP) is 2.95. The first-order valence-electron chi connectivity index (χ1n) is 5.77. The number of anilines is 1. The predicted molar refractivity (Wildman–Crippen MR) is 73.9 cm³/mol. The molecule has 0 aromatic carbocycles. The third-order valence-electron chi connectivity index (χ3n) is 2.29. The molecule has 0 saturated heterocycles. The molecule has 0 atom stereocenters. The molecule has 0 aliphatic heterocycles. The number of halogens is 1. The topological polar surface area (TPSA) is 49.0 Å². The summed E-state index contributed by atoms with van der Waals surface area (Å²) >= 11 is 7.73. The van der Waals surface area contributed by atoms with Gasteiger partial charge in [-0.05, 0) is 19.1 Å². The monoisotopic (exact) mass is 275 g/mol. The molecule has 0 radical (unpaired) electrons. The molecule has 1 aromatic heterocycles. The molecule has 0 aliphatic rings. The Kier molecular flexibility index (Phi) is 6.44. The van der Waals surface area contributed by atoms with Crippen LogP contribution in [0, 0.1) is 0 Å². The number of nitrogens with one attached hydrogen (secondary N) is 1. The summed E-state index contributed by atoms with van der Waals surface area (Å²) in [4.78, 5) is 13.7. The number of aromatic nitrogens is 2. The maximum Gasteiger partial charge on any atom is 0.227 e. The Morgan fingerprint density at radius 2 is 2.29 bits per heavy atom. The van der Waals surface area contributed by atoms with Crippen LogP contribution in [-0.2, 0) is 4.79 Å². The second-order valence-electron chi connectivity index (χ2n) is 3.57. The number of carbonyl (C=O) groups excluding carboxylic acids is 1. The maximum absolute atomic E-state index is 12.0. The summed E-state index contributed by atoms with van der Waals surface area (Å²) in [6.45, 7) is 4.68. The van der Waals surface area contributed by atoms with Gasteiger partial charge in [0.05, 0.1) is 6.20 Å². The van der Waals surface area contributed by atoms with Gasteiger partial charge in [-0.25, -0.2) is 0 Å². The third kappa shape index (κ3) is 4.24. The van der Waals surface area contributed by atoms with Crippen molar-refractivity contribution in [1.82, 2.24) is 10.2 Å². The second kappa shape index (κ2) is 7.61. The highest BCUT2D eigenvalue weighted by Gasteiger charge is 2.17. The zero-order chi connectivity index (χ0) is 12.7. The summed E-state index contributed by atoms with van der Waals surface area (Å²) in [6.07, 6.45) is 3.27. The van der Waals surface area contributed by atoms with Crippen LogP contribution in [0.5, 0.6) is 0 Å². The molecule has 0 saturated carbocycles. The van der Waals surface area contributed by atoms with Gasteiger partial charge in [-0.1, -0.05) is 18.5 Å². The van der Waals surface area contributed by atoms with Gasteiger partial charge >= 0.3 is 0 Å². The van der Waals surface area contributed by atoms with Crippen LogP contribution in [0.2, 0.25) is 5.15 Å². The number of nitrogens with zero attached hydrogens (tertiary/aromatic N) is 2. The van der Waals surface area contributed by atoms with Crippen molar-refractivity contribution >= 4 is 35.0 Å². The summed E-state index contributed by atoms with van der Waals surface area (Å²) in [7, 11) is 0. The van der Waals surface area contributed by atoms with E-state index in [0.29, 0.717) is 23.8 Å². The van der Waals surface area contributed by atoms with Gasteiger partial charge in [0, 0.05) is 18.7 Å². The first-order valence-corrected chi connectivity index (χ1v) is 7.30. The molecular weight excluding hydrogens is 258 g/mol. The minimum atomic E-state index is 0.0967. The van der Waals surface area contributed by atoms with E-state index in [2.05, 4.69) is 17.1 Å². The minimum Gasteiger partial charge on any atom is -0.309 e. The zero-order valence-corrected chi connectivity index (χ0v) is 11.8. The van der Waals surface area contributed by atoms with Crippen LogP contribution >= 0.6 is 23.4 Å². The van der Waals surface area contributed by atoms with Gasteiger partial charge in [0.1, 0.15) is 10.8 Å². The molecule has 1 rings (SSSR count). The second-order valence-corrected chi connectivity index (χ2v) is 5.17. The van der Waals surface area contributed by atoms with Crippen molar-refractivity contribution in [3.8, 4) is 0 Å². The fourth-order valence-electron chi connectivity index (χ4n) is 1.47. The van der Waals surface area contributed by atoms with Crippen LogP contribution in [0.25, 0.3) is 0 Å². The highest BCUT2D eigenvalue weighted by atomic mass is 35.5. The number of hydrogen-bond donors (Lipinski definition) is 1. The Bertz CT molecular complexity index is 356. The van der Waals surface area contributed by atoms with Crippen molar-refractivity contribution in [2.75, 3.05) is 23.0 Å². The normalized spacial score (nSPS) is 10.5. The summed E-state index contributed by atoms with van der Waals surface area (Å²) < 4.78 is 0. The van der Waals surface area contributed by atoms with Crippen molar-refractivity contribution in [3.63, 3.8) is 0 Å². The van der Waals surface area contributed by atoms with Crippen molar-refractivity contribution in [3.05, 3.63) is 11.3 Å². The van der Waals surface area contributed by atoms with E-state index < -0.39 is 0 Å². The highest BCUT2D eigenvalue weighted by molar-refractivity contribution is 7.99. The van der Waals surface area contributed by atoms with Gasteiger partial charge in [0.15, 0.2) is 0 Å². The Morgan fingerprint density at radius 3 is 2.82 bits per heavy atom. The molecule has 96 valence electrons. The van der Waals surface area contributed by atoms with E-state index in [0.717, 1.165) is 17.9 Å². The molecule has 0 aliphatic carbocycles. The first kappa shape index (κ1) is 14.4. The van der Waals surface area contributed by atoms with Gasteiger partial charge in [-0.15, -0.1) is 0 Å². The Hall–Kier alpha value is -0.680. The molecule has 1 N–H and O–H groups in total. The lowest BCUT2D eigenvalue weighted by Gasteiger charge is -2.19. The quantitative estimate of drug-likeness (QED) is 0.779. The molecule has 0 spiro atoms. The van der Waals surface area contributed by atoms with Crippen LogP contribution < -0.4 is 4.90 Å². The highest BCUT2D eigenvalue weighted by Crippen LogP contribution is 2.23. The number of carbonyl (C=O) groups is 1. The number of thioether (sulfide) groups is 1. The third-order valence-corrected chi connectivity index (χ3v) is 3.76.